The van der Waals surface area contributed by atoms with Crippen molar-refractivity contribution >= 4 is 15.9 Å². The Kier molecular flexibility index (Phi) is 3.93. The summed E-state index contributed by atoms with van der Waals surface area (Å²) in [6, 6.07) is 8.76. The molecule has 0 atom stereocenters. The summed E-state index contributed by atoms with van der Waals surface area (Å²) in [6.45, 7) is 6.44. The Bertz CT molecular complexity index is 656. The number of nitrogens with one attached hydrogen (secondary N) is 1. The Labute approximate surface area is 134 Å². The van der Waals surface area contributed by atoms with Crippen LogP contribution < -0.4 is 5.32 Å². The van der Waals surface area contributed by atoms with Crippen molar-refractivity contribution in [3.05, 3.63) is 51.3 Å². The van der Waals surface area contributed by atoms with E-state index >= 15 is 0 Å². The van der Waals surface area contributed by atoms with Crippen LogP contribution in [0.3, 0.4) is 0 Å². The average Bonchev–Trinajstić information content (AvgIpc) is 2.70. The second-order valence-corrected chi connectivity index (χ2v) is 6.85. The van der Waals surface area contributed by atoms with E-state index in [-0.39, 0.29) is 5.41 Å². The zero-order valence-corrected chi connectivity index (χ0v) is 14.5. The van der Waals surface area contributed by atoms with Crippen LogP contribution in [-0.4, -0.2) is 22.9 Å². The molecule has 0 bridgehead atoms. The quantitative estimate of drug-likeness (QED) is 0.920. The Morgan fingerprint density at radius 2 is 2.05 bits per heavy atom. The van der Waals surface area contributed by atoms with E-state index in [1.807, 2.05) is 4.68 Å². The lowest BCUT2D eigenvalue weighted by Gasteiger charge is -2.44. The fourth-order valence-electron chi connectivity index (χ4n) is 3.34. The van der Waals surface area contributed by atoms with E-state index in [1.165, 1.54) is 21.3 Å². The minimum Gasteiger partial charge on any atom is -0.315 e. The Morgan fingerprint density at radius 3 is 2.57 bits per heavy atom. The summed E-state index contributed by atoms with van der Waals surface area (Å²) in [7, 11) is 2.05. The second kappa shape index (κ2) is 5.58. The molecule has 0 spiro atoms. The van der Waals surface area contributed by atoms with Crippen LogP contribution in [0.5, 0.6) is 0 Å². The molecule has 1 aromatic heterocycles. The van der Waals surface area contributed by atoms with E-state index in [0.717, 1.165) is 31.6 Å². The Hall–Kier alpha value is -1.13. The first-order valence-electron chi connectivity index (χ1n) is 7.54. The molecule has 1 aromatic carbocycles. The maximum Gasteiger partial charge on any atom is 0.0766 e. The van der Waals surface area contributed by atoms with Crippen molar-refractivity contribution in [3.8, 4) is 0 Å². The molecule has 0 radical (unpaired) electrons. The highest BCUT2D eigenvalue weighted by molar-refractivity contribution is 9.10. The SMILES string of the molecule is CCc1nn(C)c(CC2(c3ccccc3C)CNC2)c1Br. The number of benzene rings is 1. The largest absolute Gasteiger partial charge is 0.315 e. The molecular formula is C17H22BrN3. The Morgan fingerprint density at radius 1 is 1.33 bits per heavy atom. The molecule has 0 aliphatic carbocycles. The molecule has 3 rings (SSSR count). The highest BCUT2D eigenvalue weighted by atomic mass is 79.9. The summed E-state index contributed by atoms with van der Waals surface area (Å²) in [5.74, 6) is 0. The van der Waals surface area contributed by atoms with E-state index in [9.17, 15) is 0 Å². The van der Waals surface area contributed by atoms with Gasteiger partial charge < -0.3 is 5.32 Å². The van der Waals surface area contributed by atoms with Crippen LogP contribution in [0, 0.1) is 6.92 Å². The van der Waals surface area contributed by atoms with Crippen LogP contribution in [0.2, 0.25) is 0 Å². The molecule has 1 aliphatic rings. The van der Waals surface area contributed by atoms with Gasteiger partial charge in [-0.2, -0.15) is 5.10 Å². The van der Waals surface area contributed by atoms with Crippen molar-refractivity contribution in [1.29, 1.82) is 0 Å². The minimum atomic E-state index is 0.201. The van der Waals surface area contributed by atoms with Crippen molar-refractivity contribution in [2.45, 2.75) is 32.1 Å². The number of hydrogen-bond acceptors (Lipinski definition) is 2. The summed E-state index contributed by atoms with van der Waals surface area (Å²) in [5.41, 5.74) is 5.51. The monoisotopic (exact) mass is 347 g/mol. The van der Waals surface area contributed by atoms with Gasteiger partial charge >= 0.3 is 0 Å². The van der Waals surface area contributed by atoms with Crippen LogP contribution in [0.1, 0.15) is 29.4 Å². The maximum atomic E-state index is 4.64. The first kappa shape index (κ1) is 14.8. The number of halogens is 1. The van der Waals surface area contributed by atoms with E-state index in [1.54, 1.807) is 0 Å². The average molecular weight is 348 g/mol. The zero-order chi connectivity index (χ0) is 15.0. The van der Waals surface area contributed by atoms with Gasteiger partial charge in [0.2, 0.25) is 0 Å². The predicted molar refractivity (Wildman–Crippen MR) is 89.7 cm³/mol. The molecule has 1 aliphatic heterocycles. The van der Waals surface area contributed by atoms with Crippen LogP contribution in [0.4, 0.5) is 0 Å². The molecule has 4 heteroatoms. The number of hydrogen-bond donors (Lipinski definition) is 1. The van der Waals surface area contributed by atoms with E-state index < -0.39 is 0 Å². The van der Waals surface area contributed by atoms with Crippen molar-refractivity contribution < 1.29 is 0 Å². The van der Waals surface area contributed by atoms with Gasteiger partial charge in [-0.3, -0.25) is 4.68 Å². The van der Waals surface area contributed by atoms with Gasteiger partial charge in [0.05, 0.1) is 15.9 Å². The van der Waals surface area contributed by atoms with Crippen LogP contribution in [0.15, 0.2) is 28.7 Å². The van der Waals surface area contributed by atoms with Gasteiger partial charge in [0.25, 0.3) is 0 Å². The molecule has 0 amide bonds. The predicted octanol–water partition coefficient (Wildman–Crippen LogP) is 3.14. The van der Waals surface area contributed by atoms with Gasteiger partial charge in [-0.1, -0.05) is 31.2 Å². The van der Waals surface area contributed by atoms with Gasteiger partial charge in [0.15, 0.2) is 0 Å². The van der Waals surface area contributed by atoms with Crippen molar-refractivity contribution in [1.82, 2.24) is 15.1 Å². The summed E-state index contributed by atoms with van der Waals surface area (Å²) in [5, 5.41) is 8.10. The normalized spacial score (nSPS) is 16.8. The molecule has 3 nitrogen and oxygen atoms in total. The standard InChI is InChI=1S/C17H22BrN3/c1-4-14-16(18)15(21(3)20-14)9-17(10-19-11-17)13-8-6-5-7-12(13)2/h5-8,19H,4,9-11H2,1-3H3. The maximum absolute atomic E-state index is 4.64. The first-order valence-corrected chi connectivity index (χ1v) is 8.34. The highest BCUT2D eigenvalue weighted by Crippen LogP contribution is 2.36. The van der Waals surface area contributed by atoms with Crippen LogP contribution in [0.25, 0.3) is 0 Å². The third kappa shape index (κ3) is 2.44. The summed E-state index contributed by atoms with van der Waals surface area (Å²) in [4.78, 5) is 0. The topological polar surface area (TPSA) is 29.9 Å². The summed E-state index contributed by atoms with van der Waals surface area (Å²) < 4.78 is 3.23. The number of aryl methyl sites for hydroxylation is 3. The third-order valence-electron chi connectivity index (χ3n) is 4.65. The van der Waals surface area contributed by atoms with Gasteiger partial charge in [-0.05, 0) is 40.4 Å². The zero-order valence-electron chi connectivity index (χ0n) is 12.9. The Balaban J connectivity index is 1.99. The van der Waals surface area contributed by atoms with Crippen molar-refractivity contribution in [2.75, 3.05) is 13.1 Å². The lowest BCUT2D eigenvalue weighted by atomic mass is 9.70. The van der Waals surface area contributed by atoms with Crippen LogP contribution >= 0.6 is 15.9 Å². The molecule has 112 valence electrons. The van der Waals surface area contributed by atoms with Gasteiger partial charge in [-0.15, -0.1) is 0 Å². The molecular weight excluding hydrogens is 326 g/mol. The van der Waals surface area contributed by atoms with E-state index in [4.69, 9.17) is 0 Å². The van der Waals surface area contributed by atoms with Gasteiger partial charge in [-0.25, -0.2) is 0 Å². The number of nitrogens with zero attached hydrogens (tertiary/aromatic N) is 2. The van der Waals surface area contributed by atoms with Gasteiger partial charge in [0, 0.05) is 32.0 Å². The lowest BCUT2D eigenvalue weighted by Crippen LogP contribution is -2.58. The van der Waals surface area contributed by atoms with Crippen molar-refractivity contribution in [3.63, 3.8) is 0 Å². The highest BCUT2D eigenvalue weighted by Gasteiger charge is 2.41. The molecule has 2 aromatic rings. The molecule has 1 fully saturated rings. The minimum absolute atomic E-state index is 0.201. The summed E-state index contributed by atoms with van der Waals surface area (Å²) in [6.07, 6.45) is 1.99. The number of aromatic nitrogens is 2. The van der Waals surface area contributed by atoms with E-state index in [0.29, 0.717) is 0 Å². The van der Waals surface area contributed by atoms with Crippen LogP contribution in [-0.2, 0) is 25.3 Å². The molecule has 0 saturated carbocycles. The molecule has 2 heterocycles. The smallest absolute Gasteiger partial charge is 0.0766 e. The van der Waals surface area contributed by atoms with E-state index in [2.05, 4.69) is 71.5 Å². The fourth-order valence-corrected chi connectivity index (χ4v) is 4.09. The van der Waals surface area contributed by atoms with Gasteiger partial charge in [0.1, 0.15) is 0 Å². The first-order chi connectivity index (χ1) is 10.1. The summed E-state index contributed by atoms with van der Waals surface area (Å²) >= 11 is 3.76. The third-order valence-corrected chi connectivity index (χ3v) is 5.57. The number of rotatable bonds is 4. The second-order valence-electron chi connectivity index (χ2n) is 6.06. The fraction of sp³-hybridized carbons (Fsp3) is 0.471. The molecule has 1 saturated heterocycles. The molecule has 1 N–H and O–H groups in total. The molecule has 21 heavy (non-hydrogen) atoms. The molecule has 0 unspecified atom stereocenters. The lowest BCUT2D eigenvalue weighted by molar-refractivity contribution is 0.268. The van der Waals surface area contributed by atoms with Crippen molar-refractivity contribution in [2.24, 2.45) is 7.05 Å².